The van der Waals surface area contributed by atoms with Crippen molar-refractivity contribution in [1.82, 2.24) is 0 Å². The molecule has 0 aromatic heterocycles. The minimum atomic E-state index is -1.34. The molecule has 128 valence electrons. The molecule has 4 aliphatic carbocycles. The van der Waals surface area contributed by atoms with Gasteiger partial charge in [-0.05, 0) is 54.3 Å². The zero-order valence-electron chi connectivity index (χ0n) is 14.6. The summed E-state index contributed by atoms with van der Waals surface area (Å²) in [7, 11) is 0. The van der Waals surface area contributed by atoms with Crippen LogP contribution in [0, 0.1) is 40.4 Å². The molecule has 0 amide bonds. The minimum Gasteiger partial charge on any atom is -0.244 e. The fourth-order valence-electron chi connectivity index (χ4n) is 7.14. The monoisotopic (exact) mass is 320 g/mol. The summed E-state index contributed by atoms with van der Waals surface area (Å²) in [5, 5.41) is 0. The van der Waals surface area contributed by atoms with E-state index in [4.69, 9.17) is 0 Å². The SMILES string of the molecule is CC[C@H]1CC[C@H]2[C@@H]3[C@H](F)[C@@H](F)C4C=CC=C[C@]4(C)[C@H]3CC[C@]12C. The van der Waals surface area contributed by atoms with Gasteiger partial charge in [-0.25, -0.2) is 8.78 Å². The average Bonchev–Trinajstić information content (AvgIpc) is 2.88. The number of hydrogen-bond donors (Lipinski definition) is 0. The van der Waals surface area contributed by atoms with Gasteiger partial charge in [0, 0.05) is 11.8 Å². The Morgan fingerprint density at radius 1 is 1.00 bits per heavy atom. The highest BCUT2D eigenvalue weighted by Crippen LogP contribution is 2.67. The standard InChI is InChI=1S/C21H30F2/c1-4-13-8-9-14-17-15(10-12-20(13,14)2)21(3)11-6-5-7-16(21)18(22)19(17)23/h5-7,11,13-19H,4,8-10,12H2,1-3H3/t13-,14-,15-,16?,17-,18-,19-,20+,21+/m0/s1. The van der Waals surface area contributed by atoms with Crippen molar-refractivity contribution in [1.29, 1.82) is 0 Å². The maximum atomic E-state index is 15.3. The smallest absolute Gasteiger partial charge is 0.138 e. The predicted molar refractivity (Wildman–Crippen MR) is 90.5 cm³/mol. The Kier molecular flexibility index (Phi) is 3.56. The molecule has 0 aliphatic heterocycles. The lowest BCUT2D eigenvalue weighted by Gasteiger charge is -2.60. The van der Waals surface area contributed by atoms with Gasteiger partial charge < -0.3 is 0 Å². The molecule has 0 aromatic carbocycles. The summed E-state index contributed by atoms with van der Waals surface area (Å²) in [5.41, 5.74) is 0.0322. The highest BCUT2D eigenvalue weighted by atomic mass is 19.2. The largest absolute Gasteiger partial charge is 0.244 e. The van der Waals surface area contributed by atoms with Gasteiger partial charge in [-0.2, -0.15) is 0 Å². The summed E-state index contributed by atoms with van der Waals surface area (Å²) < 4.78 is 30.3. The molecule has 0 saturated heterocycles. The molecule has 3 fully saturated rings. The first-order valence-corrected chi connectivity index (χ1v) is 9.57. The van der Waals surface area contributed by atoms with Gasteiger partial charge in [-0.3, -0.25) is 0 Å². The summed E-state index contributed by atoms with van der Waals surface area (Å²) >= 11 is 0. The Morgan fingerprint density at radius 2 is 1.78 bits per heavy atom. The maximum absolute atomic E-state index is 15.3. The topological polar surface area (TPSA) is 0 Å². The molecule has 9 atom stereocenters. The second-order valence-corrected chi connectivity index (χ2v) is 9.04. The summed E-state index contributed by atoms with van der Waals surface area (Å²) in [6.07, 6.45) is 11.2. The molecular weight excluding hydrogens is 290 g/mol. The Hall–Kier alpha value is -0.660. The fourth-order valence-corrected chi connectivity index (χ4v) is 7.14. The molecule has 0 spiro atoms. The van der Waals surface area contributed by atoms with E-state index in [-0.39, 0.29) is 22.7 Å². The van der Waals surface area contributed by atoms with E-state index in [1.807, 2.05) is 12.2 Å². The Morgan fingerprint density at radius 3 is 2.52 bits per heavy atom. The van der Waals surface area contributed by atoms with Crippen molar-refractivity contribution in [3.63, 3.8) is 0 Å². The van der Waals surface area contributed by atoms with Crippen molar-refractivity contribution in [3.05, 3.63) is 24.3 Å². The third-order valence-electron chi connectivity index (χ3n) is 8.44. The molecule has 2 heteroatoms. The fraction of sp³-hybridized carbons (Fsp3) is 0.810. The number of halogens is 2. The highest BCUT2D eigenvalue weighted by molar-refractivity contribution is 5.26. The van der Waals surface area contributed by atoms with Crippen molar-refractivity contribution in [2.24, 2.45) is 40.4 Å². The van der Waals surface area contributed by atoms with E-state index in [2.05, 4.69) is 32.9 Å². The van der Waals surface area contributed by atoms with Crippen LogP contribution in [-0.4, -0.2) is 12.3 Å². The zero-order chi connectivity index (χ0) is 16.4. The molecule has 0 N–H and O–H groups in total. The lowest BCUT2D eigenvalue weighted by Crippen LogP contribution is -2.59. The van der Waals surface area contributed by atoms with Crippen LogP contribution in [0.5, 0.6) is 0 Å². The van der Waals surface area contributed by atoms with Crippen LogP contribution in [0.2, 0.25) is 0 Å². The van der Waals surface area contributed by atoms with Crippen LogP contribution in [0.3, 0.4) is 0 Å². The van der Waals surface area contributed by atoms with Crippen LogP contribution < -0.4 is 0 Å². The Bertz CT molecular complexity index is 538. The molecule has 3 saturated carbocycles. The summed E-state index contributed by atoms with van der Waals surface area (Å²) in [6, 6.07) is 0. The van der Waals surface area contributed by atoms with Gasteiger partial charge in [0.25, 0.3) is 0 Å². The van der Waals surface area contributed by atoms with Crippen molar-refractivity contribution in [2.45, 2.75) is 65.2 Å². The average molecular weight is 320 g/mol. The summed E-state index contributed by atoms with van der Waals surface area (Å²) in [6.45, 7) is 6.82. The first-order chi connectivity index (χ1) is 10.9. The first-order valence-electron chi connectivity index (χ1n) is 9.57. The minimum absolute atomic E-state index is 0.0855. The van der Waals surface area contributed by atoms with Gasteiger partial charge in [0.05, 0.1) is 0 Å². The van der Waals surface area contributed by atoms with Crippen molar-refractivity contribution >= 4 is 0 Å². The summed E-state index contributed by atoms with van der Waals surface area (Å²) in [4.78, 5) is 0. The number of alkyl halides is 2. The molecule has 0 heterocycles. The van der Waals surface area contributed by atoms with Gasteiger partial charge in [0.15, 0.2) is 0 Å². The van der Waals surface area contributed by atoms with E-state index < -0.39 is 12.3 Å². The summed E-state index contributed by atoms with van der Waals surface area (Å²) in [5.74, 6) is 1.00. The molecule has 0 nitrogen and oxygen atoms in total. The maximum Gasteiger partial charge on any atom is 0.138 e. The van der Waals surface area contributed by atoms with Crippen molar-refractivity contribution < 1.29 is 8.78 Å². The second-order valence-electron chi connectivity index (χ2n) is 9.04. The molecule has 4 aliphatic rings. The van der Waals surface area contributed by atoms with Crippen LogP contribution in [0.15, 0.2) is 24.3 Å². The van der Waals surface area contributed by atoms with Crippen LogP contribution in [-0.2, 0) is 0 Å². The molecule has 0 aromatic rings. The molecule has 0 radical (unpaired) electrons. The van der Waals surface area contributed by atoms with Crippen LogP contribution in [0.25, 0.3) is 0 Å². The second kappa shape index (κ2) is 5.17. The van der Waals surface area contributed by atoms with E-state index in [1.54, 1.807) is 0 Å². The lowest BCUT2D eigenvalue weighted by molar-refractivity contribution is -0.137. The Labute approximate surface area is 139 Å². The van der Waals surface area contributed by atoms with Gasteiger partial charge >= 0.3 is 0 Å². The normalized spacial score (nSPS) is 57.7. The van der Waals surface area contributed by atoms with Crippen LogP contribution in [0.1, 0.15) is 52.9 Å². The molecule has 23 heavy (non-hydrogen) atoms. The van der Waals surface area contributed by atoms with Crippen LogP contribution >= 0.6 is 0 Å². The van der Waals surface area contributed by atoms with Gasteiger partial charge in [-0.1, -0.05) is 51.5 Å². The predicted octanol–water partition coefficient (Wildman–Crippen LogP) is 5.89. The first kappa shape index (κ1) is 15.8. The molecule has 4 rings (SSSR count). The molecule has 1 unspecified atom stereocenters. The lowest BCUT2D eigenvalue weighted by atomic mass is 9.45. The quantitative estimate of drug-likeness (QED) is 0.565. The van der Waals surface area contributed by atoms with E-state index in [0.29, 0.717) is 17.8 Å². The van der Waals surface area contributed by atoms with E-state index in [1.165, 1.54) is 19.3 Å². The van der Waals surface area contributed by atoms with E-state index in [0.717, 1.165) is 12.8 Å². The third kappa shape index (κ3) is 1.93. The van der Waals surface area contributed by atoms with Crippen molar-refractivity contribution in [3.8, 4) is 0 Å². The van der Waals surface area contributed by atoms with Gasteiger partial charge in [-0.15, -0.1) is 0 Å². The Balaban J connectivity index is 1.74. The van der Waals surface area contributed by atoms with E-state index >= 15 is 8.78 Å². The molecular formula is C21H30F2. The number of hydrogen-bond acceptors (Lipinski definition) is 0. The number of allylic oxidation sites excluding steroid dienone is 4. The van der Waals surface area contributed by atoms with E-state index in [9.17, 15) is 0 Å². The highest BCUT2D eigenvalue weighted by Gasteiger charge is 2.64. The van der Waals surface area contributed by atoms with Crippen molar-refractivity contribution in [2.75, 3.05) is 0 Å². The molecule has 0 bridgehead atoms. The van der Waals surface area contributed by atoms with Crippen LogP contribution in [0.4, 0.5) is 8.78 Å². The van der Waals surface area contributed by atoms with Gasteiger partial charge in [0.1, 0.15) is 12.3 Å². The zero-order valence-corrected chi connectivity index (χ0v) is 14.6. The number of fused-ring (bicyclic) bond motifs is 5. The number of rotatable bonds is 1. The third-order valence-corrected chi connectivity index (χ3v) is 8.44. The van der Waals surface area contributed by atoms with Gasteiger partial charge in [0.2, 0.25) is 0 Å².